The van der Waals surface area contributed by atoms with Gasteiger partial charge >= 0.3 is 30.8 Å². The van der Waals surface area contributed by atoms with Gasteiger partial charge in [0.2, 0.25) is 5.95 Å². The van der Waals surface area contributed by atoms with E-state index in [1.165, 1.54) is 0 Å². The van der Waals surface area contributed by atoms with Crippen molar-refractivity contribution in [2.45, 2.75) is 31.7 Å². The fraction of sp³-hybridized carbons (Fsp3) is 0.250. The number of hydrogen-bond acceptors (Lipinski definition) is 6. The zero-order valence-electron chi connectivity index (χ0n) is 16.3. The molecule has 0 saturated heterocycles. The first-order chi connectivity index (χ1) is 14.7. The van der Waals surface area contributed by atoms with E-state index in [2.05, 4.69) is 20.3 Å². The Balaban J connectivity index is 0.00000363. The number of aliphatic carboxylic acids is 2. The van der Waals surface area contributed by atoms with Crippen LogP contribution in [0.5, 0.6) is 0 Å². The molecule has 0 aliphatic carbocycles. The molecule has 0 bridgehead atoms. The number of aromatic amines is 2. The number of carboxylic acid groups (broad SMARTS) is 2. The summed E-state index contributed by atoms with van der Waals surface area (Å²) in [5.41, 5.74) is 7.59. The SMILES string of the molecule is Nc1nc(=O)c2c(CCc3ccc(C(=O)N[C@@H](CCC(=O)O)C(=O)O)cc3)c[nH]c2[nH]1.[LiH]. The number of nitrogens with zero attached hydrogens (tertiary/aromatic N) is 1. The van der Waals surface area contributed by atoms with Crippen molar-refractivity contribution in [1.82, 2.24) is 20.3 Å². The second-order valence-corrected chi connectivity index (χ2v) is 6.98. The van der Waals surface area contributed by atoms with E-state index < -0.39 is 29.4 Å². The van der Waals surface area contributed by atoms with Crippen LogP contribution in [0.15, 0.2) is 35.3 Å². The molecule has 0 unspecified atom stereocenters. The summed E-state index contributed by atoms with van der Waals surface area (Å²) in [5, 5.41) is 20.6. The van der Waals surface area contributed by atoms with Crippen LogP contribution < -0.4 is 16.6 Å². The van der Waals surface area contributed by atoms with Crippen molar-refractivity contribution in [3.63, 3.8) is 0 Å². The molecular weight excluding hydrogens is 413 g/mol. The molecule has 2 heterocycles. The van der Waals surface area contributed by atoms with Crippen LogP contribution in [-0.2, 0) is 22.4 Å². The van der Waals surface area contributed by atoms with Gasteiger partial charge in [-0.3, -0.25) is 14.4 Å². The van der Waals surface area contributed by atoms with Crippen LogP contribution in [-0.4, -0.2) is 67.9 Å². The van der Waals surface area contributed by atoms with Gasteiger partial charge in [0.15, 0.2) is 0 Å². The maximum absolute atomic E-state index is 12.3. The van der Waals surface area contributed by atoms with Crippen LogP contribution in [0.4, 0.5) is 5.95 Å². The normalized spacial score (nSPS) is 11.5. The van der Waals surface area contributed by atoms with Gasteiger partial charge in [0, 0.05) is 18.2 Å². The molecule has 2 aromatic heterocycles. The number of hydrogen-bond donors (Lipinski definition) is 6. The zero-order chi connectivity index (χ0) is 22.5. The van der Waals surface area contributed by atoms with Crippen molar-refractivity contribution >= 4 is 53.7 Å². The number of carbonyl (C=O) groups excluding carboxylic acids is 1. The molecule has 0 fully saturated rings. The van der Waals surface area contributed by atoms with E-state index in [4.69, 9.17) is 15.9 Å². The first-order valence-corrected chi connectivity index (χ1v) is 9.44. The Labute approximate surface area is 193 Å². The molecule has 0 radical (unpaired) electrons. The summed E-state index contributed by atoms with van der Waals surface area (Å²) < 4.78 is 0. The van der Waals surface area contributed by atoms with Gasteiger partial charge in [-0.15, -0.1) is 0 Å². The molecule has 164 valence electrons. The van der Waals surface area contributed by atoms with Gasteiger partial charge in [-0.25, -0.2) is 4.79 Å². The molecule has 1 aromatic carbocycles. The van der Waals surface area contributed by atoms with Gasteiger partial charge in [0.05, 0.1) is 5.39 Å². The number of carbonyl (C=O) groups is 3. The van der Waals surface area contributed by atoms with Crippen LogP contribution in [0.2, 0.25) is 0 Å². The summed E-state index contributed by atoms with van der Waals surface area (Å²) in [7, 11) is 0. The molecule has 0 spiro atoms. The van der Waals surface area contributed by atoms with Gasteiger partial charge < -0.3 is 31.2 Å². The number of H-pyrrole nitrogens is 2. The number of nitrogens with one attached hydrogen (secondary N) is 3. The second kappa shape index (κ2) is 10.7. The van der Waals surface area contributed by atoms with E-state index in [1.807, 2.05) is 0 Å². The molecular formula is C20H22LiN5O6. The van der Waals surface area contributed by atoms with Crippen molar-refractivity contribution in [3.8, 4) is 0 Å². The molecule has 0 aliphatic heterocycles. The Morgan fingerprint density at radius 3 is 2.44 bits per heavy atom. The fourth-order valence-corrected chi connectivity index (χ4v) is 3.19. The minimum atomic E-state index is -1.30. The zero-order valence-corrected chi connectivity index (χ0v) is 16.3. The van der Waals surface area contributed by atoms with Crippen molar-refractivity contribution in [2.24, 2.45) is 0 Å². The van der Waals surface area contributed by atoms with Crippen LogP contribution in [0.3, 0.4) is 0 Å². The predicted molar refractivity (Wildman–Crippen MR) is 118 cm³/mol. The monoisotopic (exact) mass is 435 g/mol. The third-order valence-corrected chi connectivity index (χ3v) is 4.80. The van der Waals surface area contributed by atoms with E-state index in [0.717, 1.165) is 11.1 Å². The molecule has 7 N–H and O–H groups in total. The molecule has 3 aromatic rings. The Kier molecular flexibility index (Phi) is 8.23. The number of nitrogens with two attached hydrogens (primary N) is 1. The molecule has 3 rings (SSSR count). The van der Waals surface area contributed by atoms with Crippen LogP contribution in [0.25, 0.3) is 11.0 Å². The first kappa shape index (κ1) is 24.7. The van der Waals surface area contributed by atoms with Gasteiger partial charge in [0.1, 0.15) is 11.7 Å². The van der Waals surface area contributed by atoms with Crippen LogP contribution >= 0.6 is 0 Å². The molecule has 1 atom stereocenters. The van der Waals surface area contributed by atoms with Gasteiger partial charge in [-0.1, -0.05) is 12.1 Å². The van der Waals surface area contributed by atoms with Crippen molar-refractivity contribution in [2.75, 3.05) is 5.73 Å². The molecule has 0 aliphatic rings. The minimum absolute atomic E-state index is 0. The Morgan fingerprint density at radius 1 is 1.12 bits per heavy atom. The van der Waals surface area contributed by atoms with E-state index in [0.29, 0.717) is 23.9 Å². The number of rotatable bonds is 9. The quantitative estimate of drug-likeness (QED) is 0.253. The number of nitrogen functional groups attached to an aromatic ring is 1. The number of fused-ring (bicyclic) bond motifs is 1. The van der Waals surface area contributed by atoms with E-state index >= 15 is 0 Å². The number of aromatic nitrogens is 3. The molecule has 32 heavy (non-hydrogen) atoms. The summed E-state index contributed by atoms with van der Waals surface area (Å²) in [6.07, 6.45) is 2.29. The standard InChI is InChI=1S/C20H21N5O6.Li.H/c21-20-24-16-15(18(29)25-20)12(9-22-16)6-3-10-1-4-11(5-2-10)17(28)23-13(19(30)31)7-8-14(26)27;;/h1-2,4-5,9,13H,3,6-8H2,(H,23,28)(H,26,27)(H,30,31)(H4,21,22,24,25,29);;/t13-;;/m0../s1. The third kappa shape index (κ3) is 6.00. The third-order valence-electron chi connectivity index (χ3n) is 4.80. The van der Waals surface area contributed by atoms with E-state index in [-0.39, 0.29) is 43.2 Å². The summed E-state index contributed by atoms with van der Waals surface area (Å²) in [6.45, 7) is 0. The fourth-order valence-electron chi connectivity index (χ4n) is 3.19. The number of benzene rings is 1. The molecule has 12 heteroatoms. The Morgan fingerprint density at radius 2 is 1.81 bits per heavy atom. The van der Waals surface area contributed by atoms with Gasteiger partial charge in [-0.2, -0.15) is 4.98 Å². The summed E-state index contributed by atoms with van der Waals surface area (Å²) in [4.78, 5) is 55.7. The predicted octanol–water partition coefficient (Wildman–Crippen LogP) is 0.0179. The summed E-state index contributed by atoms with van der Waals surface area (Å²) in [6, 6.07) is 5.30. The first-order valence-electron chi connectivity index (χ1n) is 9.44. The van der Waals surface area contributed by atoms with Crippen molar-refractivity contribution in [1.29, 1.82) is 0 Å². The van der Waals surface area contributed by atoms with Crippen LogP contribution in [0, 0.1) is 0 Å². The second-order valence-electron chi connectivity index (χ2n) is 6.98. The maximum atomic E-state index is 12.3. The number of aryl methyl sites for hydroxylation is 2. The van der Waals surface area contributed by atoms with E-state index in [1.54, 1.807) is 30.5 Å². The van der Waals surface area contributed by atoms with E-state index in [9.17, 15) is 19.2 Å². The number of anilines is 1. The topological polar surface area (TPSA) is 191 Å². The van der Waals surface area contributed by atoms with Gasteiger partial charge in [-0.05, 0) is 42.5 Å². The number of carboxylic acids is 2. The summed E-state index contributed by atoms with van der Waals surface area (Å²) in [5.74, 6) is -3.00. The summed E-state index contributed by atoms with van der Waals surface area (Å²) >= 11 is 0. The Hall–Kier alpha value is -3.55. The van der Waals surface area contributed by atoms with Crippen molar-refractivity contribution < 1.29 is 24.6 Å². The Bertz CT molecular complexity index is 1190. The average molecular weight is 435 g/mol. The molecule has 0 saturated carbocycles. The molecule has 1 amide bonds. The molecule has 11 nitrogen and oxygen atoms in total. The average Bonchev–Trinajstić information content (AvgIpc) is 3.12. The number of amides is 1. The van der Waals surface area contributed by atoms with Gasteiger partial charge in [0.25, 0.3) is 11.5 Å². The van der Waals surface area contributed by atoms with Crippen LogP contribution in [0.1, 0.15) is 34.3 Å². The van der Waals surface area contributed by atoms with Crippen molar-refractivity contribution in [3.05, 3.63) is 57.5 Å².